The van der Waals surface area contributed by atoms with Crippen molar-refractivity contribution in [3.63, 3.8) is 0 Å². The third-order valence-electron chi connectivity index (χ3n) is 3.04. The quantitative estimate of drug-likeness (QED) is 0.893. The minimum atomic E-state index is -0.302. The zero-order chi connectivity index (χ0) is 13.8. The van der Waals surface area contributed by atoms with Gasteiger partial charge in [-0.1, -0.05) is 25.1 Å². The van der Waals surface area contributed by atoms with Gasteiger partial charge >= 0.3 is 0 Å². The molecule has 0 unspecified atom stereocenters. The number of ether oxygens (including phenoxy) is 1. The molecule has 0 amide bonds. The average Bonchev–Trinajstić information content (AvgIpc) is 2.41. The van der Waals surface area contributed by atoms with Crippen molar-refractivity contribution in [3.05, 3.63) is 59.4 Å². The van der Waals surface area contributed by atoms with Gasteiger partial charge in [0.15, 0.2) is 0 Å². The van der Waals surface area contributed by atoms with E-state index in [9.17, 15) is 4.39 Å². The largest absolute Gasteiger partial charge is 0.457 e. The maximum absolute atomic E-state index is 13.3. The van der Waals surface area contributed by atoms with E-state index >= 15 is 0 Å². The number of hydrogen-bond donors (Lipinski definition) is 1. The molecule has 0 spiro atoms. The Balaban J connectivity index is 2.38. The fraction of sp³-hybridized carbons (Fsp3) is 0.250. The molecule has 0 aromatic heterocycles. The van der Waals surface area contributed by atoms with Crippen molar-refractivity contribution < 1.29 is 9.13 Å². The first-order valence-corrected chi connectivity index (χ1v) is 6.42. The molecular weight excluding hydrogens is 241 g/mol. The minimum absolute atomic E-state index is 0.278. The predicted octanol–water partition coefficient (Wildman–Crippen LogP) is 4.20. The maximum Gasteiger partial charge on any atom is 0.132 e. The van der Waals surface area contributed by atoms with Gasteiger partial charge in [-0.25, -0.2) is 4.39 Å². The van der Waals surface area contributed by atoms with Gasteiger partial charge in [-0.3, -0.25) is 0 Å². The second kappa shape index (κ2) is 5.85. The highest BCUT2D eigenvalue weighted by atomic mass is 19.1. The lowest BCUT2D eigenvalue weighted by Crippen LogP contribution is -2.07. The van der Waals surface area contributed by atoms with E-state index in [1.54, 1.807) is 6.07 Å². The molecule has 100 valence electrons. The summed E-state index contributed by atoms with van der Waals surface area (Å²) in [6, 6.07) is 12.0. The molecule has 0 saturated heterocycles. The smallest absolute Gasteiger partial charge is 0.132 e. The van der Waals surface area contributed by atoms with Crippen LogP contribution in [0.5, 0.6) is 11.5 Å². The lowest BCUT2D eigenvalue weighted by atomic mass is 10.1. The zero-order valence-electron chi connectivity index (χ0n) is 11.2. The number of para-hydroxylation sites is 1. The van der Waals surface area contributed by atoms with Crippen LogP contribution in [0.1, 0.15) is 31.0 Å². The summed E-state index contributed by atoms with van der Waals surface area (Å²) in [6.07, 6.45) is 0.880. The van der Waals surface area contributed by atoms with Crippen LogP contribution in [0.3, 0.4) is 0 Å². The molecule has 2 N–H and O–H groups in total. The van der Waals surface area contributed by atoms with E-state index in [2.05, 4.69) is 6.92 Å². The molecule has 0 aliphatic rings. The van der Waals surface area contributed by atoms with Crippen LogP contribution in [0.2, 0.25) is 0 Å². The van der Waals surface area contributed by atoms with Crippen LogP contribution in [0, 0.1) is 5.82 Å². The molecule has 1 atom stereocenters. The minimum Gasteiger partial charge on any atom is -0.457 e. The maximum atomic E-state index is 13.3. The normalized spacial score (nSPS) is 12.2. The van der Waals surface area contributed by atoms with Gasteiger partial charge in [0, 0.05) is 11.6 Å². The van der Waals surface area contributed by atoms with Crippen LogP contribution in [0.4, 0.5) is 4.39 Å². The highest BCUT2D eigenvalue weighted by Crippen LogP contribution is 2.31. The summed E-state index contributed by atoms with van der Waals surface area (Å²) in [6.45, 7) is 3.88. The van der Waals surface area contributed by atoms with Gasteiger partial charge in [0.1, 0.15) is 17.3 Å². The number of benzene rings is 2. The summed E-state index contributed by atoms with van der Waals surface area (Å²) < 4.78 is 19.2. The molecule has 2 rings (SSSR count). The van der Waals surface area contributed by atoms with Crippen molar-refractivity contribution in [2.24, 2.45) is 5.73 Å². The topological polar surface area (TPSA) is 35.2 Å². The van der Waals surface area contributed by atoms with Gasteiger partial charge in [0.05, 0.1) is 0 Å². The number of nitrogens with two attached hydrogens (primary N) is 1. The van der Waals surface area contributed by atoms with Crippen molar-refractivity contribution in [2.75, 3.05) is 0 Å². The van der Waals surface area contributed by atoms with Crippen LogP contribution in [0.15, 0.2) is 42.5 Å². The van der Waals surface area contributed by atoms with E-state index < -0.39 is 0 Å². The predicted molar refractivity (Wildman–Crippen MR) is 74.9 cm³/mol. The summed E-state index contributed by atoms with van der Waals surface area (Å²) in [5.74, 6) is 1.10. The van der Waals surface area contributed by atoms with Crippen molar-refractivity contribution >= 4 is 0 Å². The highest BCUT2D eigenvalue weighted by molar-refractivity contribution is 5.42. The number of rotatable bonds is 4. The van der Waals surface area contributed by atoms with Crippen molar-refractivity contribution in [1.82, 2.24) is 0 Å². The first-order chi connectivity index (χ1) is 9.11. The first-order valence-electron chi connectivity index (χ1n) is 6.42. The Labute approximate surface area is 113 Å². The molecule has 0 aliphatic heterocycles. The van der Waals surface area contributed by atoms with Crippen LogP contribution in [-0.4, -0.2) is 0 Å². The fourth-order valence-corrected chi connectivity index (χ4v) is 1.98. The standard InChI is InChI=1S/C16H18FNO/c1-3-12-6-4-5-7-15(12)19-16-9-8-13(17)10-14(16)11(2)18/h4-11H,3,18H2,1-2H3/t11-/m1/s1. The van der Waals surface area contributed by atoms with Gasteiger partial charge in [0.2, 0.25) is 0 Å². The van der Waals surface area contributed by atoms with Crippen molar-refractivity contribution in [1.29, 1.82) is 0 Å². The number of hydrogen-bond acceptors (Lipinski definition) is 2. The zero-order valence-corrected chi connectivity index (χ0v) is 11.2. The van der Waals surface area contributed by atoms with E-state index in [-0.39, 0.29) is 11.9 Å². The summed E-state index contributed by atoms with van der Waals surface area (Å²) in [7, 11) is 0. The molecular formula is C16H18FNO. The molecule has 0 radical (unpaired) electrons. The highest BCUT2D eigenvalue weighted by Gasteiger charge is 2.11. The van der Waals surface area contributed by atoms with E-state index in [4.69, 9.17) is 10.5 Å². The van der Waals surface area contributed by atoms with Crippen LogP contribution >= 0.6 is 0 Å². The van der Waals surface area contributed by atoms with Crippen molar-refractivity contribution in [2.45, 2.75) is 26.3 Å². The van der Waals surface area contributed by atoms with E-state index in [0.717, 1.165) is 17.7 Å². The van der Waals surface area contributed by atoms with Crippen molar-refractivity contribution in [3.8, 4) is 11.5 Å². The average molecular weight is 259 g/mol. The summed E-state index contributed by atoms with van der Waals surface area (Å²) in [5.41, 5.74) is 7.65. The van der Waals surface area contributed by atoms with Gasteiger partial charge in [0.25, 0.3) is 0 Å². The Morgan fingerprint density at radius 2 is 1.89 bits per heavy atom. The summed E-state index contributed by atoms with van der Waals surface area (Å²) >= 11 is 0. The third-order valence-corrected chi connectivity index (χ3v) is 3.04. The molecule has 0 bridgehead atoms. The lowest BCUT2D eigenvalue weighted by molar-refractivity contribution is 0.464. The molecule has 19 heavy (non-hydrogen) atoms. The Kier molecular flexibility index (Phi) is 4.17. The van der Waals surface area contributed by atoms with Gasteiger partial charge in [-0.05, 0) is 43.2 Å². The molecule has 3 heteroatoms. The van der Waals surface area contributed by atoms with Gasteiger partial charge in [-0.2, -0.15) is 0 Å². The number of aryl methyl sites for hydroxylation is 1. The summed E-state index contributed by atoms with van der Waals surface area (Å²) in [5, 5.41) is 0. The first kappa shape index (κ1) is 13.6. The lowest BCUT2D eigenvalue weighted by Gasteiger charge is -2.15. The van der Waals surface area contributed by atoms with Gasteiger partial charge < -0.3 is 10.5 Å². The fourth-order valence-electron chi connectivity index (χ4n) is 1.98. The van der Waals surface area contributed by atoms with Crippen LogP contribution < -0.4 is 10.5 Å². The molecule has 2 aromatic rings. The molecule has 2 nitrogen and oxygen atoms in total. The van der Waals surface area contributed by atoms with E-state index in [1.165, 1.54) is 12.1 Å². The van der Waals surface area contributed by atoms with E-state index in [1.807, 2.05) is 31.2 Å². The summed E-state index contributed by atoms with van der Waals surface area (Å²) in [4.78, 5) is 0. The molecule has 2 aromatic carbocycles. The Morgan fingerprint density at radius 3 is 2.58 bits per heavy atom. The Bertz CT molecular complexity index is 566. The van der Waals surface area contributed by atoms with E-state index in [0.29, 0.717) is 11.3 Å². The van der Waals surface area contributed by atoms with Gasteiger partial charge in [-0.15, -0.1) is 0 Å². The molecule has 0 fully saturated rings. The molecule has 0 aliphatic carbocycles. The second-order valence-electron chi connectivity index (χ2n) is 4.53. The third kappa shape index (κ3) is 3.12. The molecule has 0 saturated carbocycles. The monoisotopic (exact) mass is 259 g/mol. The van der Waals surface area contributed by atoms with Crippen LogP contribution in [-0.2, 0) is 6.42 Å². The number of halogens is 1. The SMILES string of the molecule is CCc1ccccc1Oc1ccc(F)cc1[C@@H](C)N. The van der Waals surface area contributed by atoms with Crippen LogP contribution in [0.25, 0.3) is 0 Å². The Hall–Kier alpha value is -1.87. The molecule has 0 heterocycles. The Morgan fingerprint density at radius 1 is 1.16 bits per heavy atom. The second-order valence-corrected chi connectivity index (χ2v) is 4.53.